The molecule has 0 saturated heterocycles. The van der Waals surface area contributed by atoms with E-state index in [2.05, 4.69) is 6.58 Å². The van der Waals surface area contributed by atoms with Gasteiger partial charge in [-0.3, -0.25) is 9.59 Å². The highest BCUT2D eigenvalue weighted by molar-refractivity contribution is 5.94. The first kappa shape index (κ1) is 15.8. The third-order valence-corrected chi connectivity index (χ3v) is 2.89. The summed E-state index contributed by atoms with van der Waals surface area (Å²) in [5, 5.41) is 8.94. The molecule has 1 unspecified atom stereocenters. The van der Waals surface area contributed by atoms with E-state index in [1.807, 2.05) is 0 Å². The average molecular weight is 277 g/mol. The van der Waals surface area contributed by atoms with Gasteiger partial charge in [0.1, 0.15) is 5.75 Å². The molecule has 1 amide bonds. The van der Waals surface area contributed by atoms with Crippen LogP contribution in [0.25, 0.3) is 0 Å². The van der Waals surface area contributed by atoms with Crippen LogP contribution in [0.2, 0.25) is 0 Å². The summed E-state index contributed by atoms with van der Waals surface area (Å²) >= 11 is 0. The smallest absolute Gasteiger partial charge is 0.308 e. The fourth-order valence-corrected chi connectivity index (χ4v) is 1.72. The highest BCUT2D eigenvalue weighted by Crippen LogP contribution is 2.14. The van der Waals surface area contributed by atoms with Crippen molar-refractivity contribution in [2.24, 2.45) is 5.92 Å². The van der Waals surface area contributed by atoms with Crippen molar-refractivity contribution in [1.29, 1.82) is 0 Å². The number of methoxy groups -OCH3 is 1. The summed E-state index contributed by atoms with van der Waals surface area (Å²) < 4.78 is 5.03. The third kappa shape index (κ3) is 4.12. The lowest BCUT2D eigenvalue weighted by Crippen LogP contribution is -2.37. The Kier molecular flexibility index (Phi) is 5.77. The largest absolute Gasteiger partial charge is 0.497 e. The molecule has 0 saturated carbocycles. The van der Waals surface area contributed by atoms with Crippen molar-refractivity contribution >= 4 is 11.9 Å². The topological polar surface area (TPSA) is 66.8 Å². The minimum Gasteiger partial charge on any atom is -0.497 e. The normalized spacial score (nSPS) is 11.5. The lowest BCUT2D eigenvalue weighted by molar-refractivity contribution is -0.141. The van der Waals surface area contributed by atoms with Gasteiger partial charge in [-0.25, -0.2) is 0 Å². The van der Waals surface area contributed by atoms with Gasteiger partial charge in [-0.1, -0.05) is 13.0 Å². The summed E-state index contributed by atoms with van der Waals surface area (Å²) in [7, 11) is 1.55. The molecule has 0 bridgehead atoms. The SMILES string of the molecule is C=CCN(CC(C)C(=O)O)C(=O)c1ccc(OC)cc1. The molecular weight excluding hydrogens is 258 g/mol. The molecule has 1 aromatic rings. The molecule has 0 aromatic heterocycles. The number of carbonyl (C=O) groups excluding carboxylic acids is 1. The number of hydrogen-bond acceptors (Lipinski definition) is 3. The van der Waals surface area contributed by atoms with Crippen molar-refractivity contribution in [3.63, 3.8) is 0 Å². The van der Waals surface area contributed by atoms with E-state index in [0.717, 1.165) is 0 Å². The first-order chi connectivity index (χ1) is 9.49. The number of benzene rings is 1. The highest BCUT2D eigenvalue weighted by atomic mass is 16.5. The molecule has 0 spiro atoms. The highest BCUT2D eigenvalue weighted by Gasteiger charge is 2.20. The van der Waals surface area contributed by atoms with Gasteiger partial charge in [-0.2, -0.15) is 0 Å². The number of carboxylic acids is 1. The zero-order valence-electron chi connectivity index (χ0n) is 11.7. The van der Waals surface area contributed by atoms with Gasteiger partial charge < -0.3 is 14.7 Å². The second-order valence-electron chi connectivity index (χ2n) is 4.47. The molecule has 0 fully saturated rings. The fraction of sp³-hybridized carbons (Fsp3) is 0.333. The van der Waals surface area contributed by atoms with Crippen molar-refractivity contribution in [1.82, 2.24) is 4.90 Å². The quantitative estimate of drug-likeness (QED) is 0.774. The number of ether oxygens (including phenoxy) is 1. The van der Waals surface area contributed by atoms with Crippen LogP contribution in [-0.4, -0.2) is 42.1 Å². The molecule has 5 nitrogen and oxygen atoms in total. The Morgan fingerprint density at radius 2 is 2.00 bits per heavy atom. The Morgan fingerprint density at radius 3 is 2.45 bits per heavy atom. The summed E-state index contributed by atoms with van der Waals surface area (Å²) in [5.41, 5.74) is 0.491. The number of carbonyl (C=O) groups is 2. The second-order valence-corrected chi connectivity index (χ2v) is 4.47. The molecule has 0 aliphatic rings. The van der Waals surface area contributed by atoms with Crippen LogP contribution in [0.3, 0.4) is 0 Å². The number of amides is 1. The zero-order valence-corrected chi connectivity index (χ0v) is 11.7. The number of rotatable bonds is 7. The molecular formula is C15H19NO4. The Hall–Kier alpha value is -2.30. The number of aliphatic carboxylic acids is 1. The minimum atomic E-state index is -0.929. The lowest BCUT2D eigenvalue weighted by atomic mass is 10.1. The van der Waals surface area contributed by atoms with Crippen molar-refractivity contribution in [2.75, 3.05) is 20.2 Å². The van der Waals surface area contributed by atoms with Gasteiger partial charge in [-0.05, 0) is 24.3 Å². The van der Waals surface area contributed by atoms with Crippen LogP contribution in [0.4, 0.5) is 0 Å². The molecule has 5 heteroatoms. The first-order valence-electron chi connectivity index (χ1n) is 6.26. The van der Waals surface area contributed by atoms with Crippen LogP contribution in [0.5, 0.6) is 5.75 Å². The van der Waals surface area contributed by atoms with Gasteiger partial charge >= 0.3 is 5.97 Å². The van der Waals surface area contributed by atoms with Crippen LogP contribution in [0, 0.1) is 5.92 Å². The predicted octanol–water partition coefficient (Wildman–Crippen LogP) is 2.04. The van der Waals surface area contributed by atoms with Crippen LogP contribution in [0.1, 0.15) is 17.3 Å². The van der Waals surface area contributed by atoms with E-state index in [0.29, 0.717) is 17.9 Å². The Labute approximate surface area is 118 Å². The van der Waals surface area contributed by atoms with Crippen molar-refractivity contribution in [3.05, 3.63) is 42.5 Å². The number of carboxylic acid groups (broad SMARTS) is 1. The van der Waals surface area contributed by atoms with E-state index >= 15 is 0 Å². The van der Waals surface area contributed by atoms with Crippen LogP contribution in [-0.2, 0) is 4.79 Å². The van der Waals surface area contributed by atoms with Crippen LogP contribution < -0.4 is 4.74 Å². The first-order valence-corrected chi connectivity index (χ1v) is 6.26. The maximum atomic E-state index is 12.3. The monoisotopic (exact) mass is 277 g/mol. The van der Waals surface area contributed by atoms with Gasteiger partial charge in [0.15, 0.2) is 0 Å². The minimum absolute atomic E-state index is 0.145. The molecule has 1 aromatic carbocycles. The summed E-state index contributed by atoms with van der Waals surface area (Å²) in [6.45, 7) is 5.62. The zero-order chi connectivity index (χ0) is 15.1. The van der Waals surface area contributed by atoms with E-state index in [1.54, 1.807) is 44.4 Å². The van der Waals surface area contributed by atoms with E-state index in [4.69, 9.17) is 9.84 Å². The maximum absolute atomic E-state index is 12.3. The van der Waals surface area contributed by atoms with Crippen molar-refractivity contribution in [2.45, 2.75) is 6.92 Å². The van der Waals surface area contributed by atoms with E-state index in [9.17, 15) is 9.59 Å². The van der Waals surface area contributed by atoms with E-state index in [-0.39, 0.29) is 12.5 Å². The number of nitrogens with zero attached hydrogens (tertiary/aromatic N) is 1. The third-order valence-electron chi connectivity index (χ3n) is 2.89. The molecule has 108 valence electrons. The molecule has 0 aliphatic carbocycles. The maximum Gasteiger partial charge on any atom is 0.308 e. The van der Waals surface area contributed by atoms with Crippen LogP contribution in [0.15, 0.2) is 36.9 Å². The van der Waals surface area contributed by atoms with Gasteiger partial charge in [0.05, 0.1) is 13.0 Å². The summed E-state index contributed by atoms with van der Waals surface area (Å²) in [6.07, 6.45) is 1.58. The Bertz CT molecular complexity index is 481. The van der Waals surface area contributed by atoms with E-state index in [1.165, 1.54) is 4.90 Å². The van der Waals surface area contributed by atoms with Crippen LogP contribution >= 0.6 is 0 Å². The van der Waals surface area contributed by atoms with Crippen molar-refractivity contribution < 1.29 is 19.4 Å². The molecule has 1 N–H and O–H groups in total. The molecule has 1 rings (SSSR count). The molecule has 0 aliphatic heterocycles. The average Bonchev–Trinajstić information content (AvgIpc) is 2.46. The molecule has 0 heterocycles. The Balaban J connectivity index is 2.86. The summed E-state index contributed by atoms with van der Waals surface area (Å²) in [5.74, 6) is -1.12. The second kappa shape index (κ2) is 7.33. The summed E-state index contributed by atoms with van der Waals surface area (Å²) in [6, 6.07) is 6.70. The standard InChI is InChI=1S/C15H19NO4/c1-4-9-16(10-11(2)15(18)19)14(17)12-5-7-13(20-3)8-6-12/h4-8,11H,1,9-10H2,2-3H3,(H,18,19). The van der Waals surface area contributed by atoms with Gasteiger partial charge in [0.2, 0.25) is 0 Å². The van der Waals surface area contributed by atoms with Gasteiger partial charge in [0, 0.05) is 18.7 Å². The van der Waals surface area contributed by atoms with E-state index < -0.39 is 11.9 Å². The van der Waals surface area contributed by atoms with Gasteiger partial charge in [-0.15, -0.1) is 6.58 Å². The molecule has 20 heavy (non-hydrogen) atoms. The number of hydrogen-bond donors (Lipinski definition) is 1. The molecule has 0 radical (unpaired) electrons. The lowest BCUT2D eigenvalue weighted by Gasteiger charge is -2.23. The Morgan fingerprint density at radius 1 is 1.40 bits per heavy atom. The van der Waals surface area contributed by atoms with Gasteiger partial charge in [0.25, 0.3) is 5.91 Å². The fourth-order valence-electron chi connectivity index (χ4n) is 1.72. The predicted molar refractivity (Wildman–Crippen MR) is 75.9 cm³/mol. The van der Waals surface area contributed by atoms with Crippen molar-refractivity contribution in [3.8, 4) is 5.75 Å². The molecule has 1 atom stereocenters. The summed E-state index contributed by atoms with van der Waals surface area (Å²) in [4.78, 5) is 24.7.